The molecule has 3 aromatic carbocycles. The van der Waals surface area contributed by atoms with Crippen LogP contribution < -0.4 is 5.56 Å². The van der Waals surface area contributed by atoms with Crippen LogP contribution in [0.4, 0.5) is 0 Å². The van der Waals surface area contributed by atoms with Crippen molar-refractivity contribution < 1.29 is 0 Å². The molecule has 0 bridgehead atoms. The van der Waals surface area contributed by atoms with Gasteiger partial charge in [-0.2, -0.15) is 4.68 Å². The van der Waals surface area contributed by atoms with Crippen LogP contribution in [0.25, 0.3) is 27.6 Å². The Morgan fingerprint density at radius 2 is 1.86 bits per heavy atom. The van der Waals surface area contributed by atoms with Gasteiger partial charge in [-0.05, 0) is 41.0 Å². The summed E-state index contributed by atoms with van der Waals surface area (Å²) < 4.78 is 3.09. The smallest absolute Gasteiger partial charge is 0.283 e. The minimum Gasteiger partial charge on any atom is -0.293 e. The van der Waals surface area contributed by atoms with E-state index in [1.807, 2.05) is 43.3 Å². The minimum atomic E-state index is -0.229. The summed E-state index contributed by atoms with van der Waals surface area (Å²) in [7, 11) is 0. The van der Waals surface area contributed by atoms with Crippen molar-refractivity contribution in [3.63, 3.8) is 0 Å². The van der Waals surface area contributed by atoms with E-state index in [-0.39, 0.29) is 11.1 Å². The average molecular weight is 402 g/mol. The molecule has 142 valence electrons. The fourth-order valence-corrected chi connectivity index (χ4v) is 3.63. The highest BCUT2D eigenvalue weighted by molar-refractivity contribution is 6.31. The van der Waals surface area contributed by atoms with Crippen LogP contribution in [0.1, 0.15) is 11.1 Å². The van der Waals surface area contributed by atoms with Crippen molar-refractivity contribution in [2.45, 2.75) is 13.5 Å². The second-order valence-corrected chi connectivity index (χ2v) is 7.33. The van der Waals surface area contributed by atoms with Crippen LogP contribution in [-0.2, 0) is 6.54 Å². The first kappa shape index (κ1) is 17.6. The van der Waals surface area contributed by atoms with Crippen LogP contribution in [0.15, 0.2) is 71.8 Å². The molecule has 0 amide bonds. The number of benzene rings is 3. The number of fused-ring (bicyclic) bond motifs is 2. The predicted octanol–water partition coefficient (Wildman–Crippen LogP) is 4.14. The van der Waals surface area contributed by atoms with Crippen molar-refractivity contribution >= 4 is 33.5 Å². The summed E-state index contributed by atoms with van der Waals surface area (Å²) in [6.45, 7) is 2.34. The molecule has 0 saturated carbocycles. The van der Waals surface area contributed by atoms with Gasteiger partial charge in [0.25, 0.3) is 5.56 Å². The van der Waals surface area contributed by atoms with Gasteiger partial charge in [0.1, 0.15) is 6.33 Å². The molecule has 0 fully saturated rings. The van der Waals surface area contributed by atoms with Crippen LogP contribution >= 0.6 is 11.6 Å². The maximum Gasteiger partial charge on any atom is 0.283 e. The highest BCUT2D eigenvalue weighted by atomic mass is 35.5. The number of rotatable bonds is 3. The minimum absolute atomic E-state index is 0.226. The van der Waals surface area contributed by atoms with E-state index in [4.69, 9.17) is 11.6 Å². The number of hydrogen-bond donors (Lipinski definition) is 0. The largest absolute Gasteiger partial charge is 0.293 e. The van der Waals surface area contributed by atoms with Crippen LogP contribution in [-0.4, -0.2) is 24.5 Å². The second kappa shape index (κ2) is 6.83. The maximum absolute atomic E-state index is 13.0. The van der Waals surface area contributed by atoms with E-state index in [0.717, 1.165) is 21.9 Å². The van der Waals surface area contributed by atoms with Gasteiger partial charge in [-0.25, -0.2) is 4.98 Å². The molecule has 0 aliphatic carbocycles. The van der Waals surface area contributed by atoms with Crippen molar-refractivity contribution in [2.75, 3.05) is 0 Å². The normalized spacial score (nSPS) is 11.4. The van der Waals surface area contributed by atoms with Gasteiger partial charge in [0.15, 0.2) is 11.2 Å². The van der Waals surface area contributed by atoms with Crippen molar-refractivity contribution in [3.05, 3.63) is 93.5 Å². The topological polar surface area (TPSA) is 65.6 Å². The van der Waals surface area contributed by atoms with Gasteiger partial charge in [0.2, 0.25) is 0 Å². The quantitative estimate of drug-likeness (QED) is 0.455. The summed E-state index contributed by atoms with van der Waals surface area (Å²) in [4.78, 5) is 17.5. The van der Waals surface area contributed by atoms with Gasteiger partial charge in [0, 0.05) is 5.02 Å². The van der Waals surface area contributed by atoms with Crippen molar-refractivity contribution in [1.82, 2.24) is 24.5 Å². The lowest BCUT2D eigenvalue weighted by Crippen LogP contribution is -2.21. The van der Waals surface area contributed by atoms with E-state index in [1.54, 1.807) is 17.0 Å². The third kappa shape index (κ3) is 2.98. The summed E-state index contributed by atoms with van der Waals surface area (Å²) in [6, 6.07) is 19.7. The Hall–Kier alpha value is -3.51. The molecule has 6 nitrogen and oxygen atoms in total. The molecule has 0 radical (unpaired) electrons. The number of halogens is 1. The monoisotopic (exact) mass is 401 g/mol. The highest BCUT2D eigenvalue weighted by Gasteiger charge is 2.14. The predicted molar refractivity (Wildman–Crippen MR) is 114 cm³/mol. The Balaban J connectivity index is 1.59. The van der Waals surface area contributed by atoms with E-state index in [1.165, 1.54) is 4.68 Å². The van der Waals surface area contributed by atoms with Crippen molar-refractivity contribution in [1.29, 1.82) is 0 Å². The van der Waals surface area contributed by atoms with Gasteiger partial charge in [-0.1, -0.05) is 65.3 Å². The fourth-order valence-electron chi connectivity index (χ4n) is 3.46. The molecule has 0 spiro atoms. The molecule has 0 unspecified atom stereocenters. The van der Waals surface area contributed by atoms with Gasteiger partial charge < -0.3 is 0 Å². The van der Waals surface area contributed by atoms with Crippen molar-refractivity contribution in [3.8, 4) is 5.69 Å². The summed E-state index contributed by atoms with van der Waals surface area (Å²) in [5.41, 5.74) is 3.12. The molecule has 5 rings (SSSR count). The molecule has 0 atom stereocenters. The molecule has 2 aromatic heterocycles. The zero-order valence-electron chi connectivity index (χ0n) is 15.6. The molecule has 0 aliphatic rings. The standard InChI is InChI=1S/C22H16ClN5O/c1-14-9-10-17(11-19(14)23)28-21-20(25-26-28)22(29)27(13-24-21)12-16-7-4-6-15-5-2-3-8-18(15)16/h2-11,13H,12H2,1H3. The molecule has 0 N–H and O–H groups in total. The van der Waals surface area contributed by atoms with E-state index >= 15 is 0 Å². The SMILES string of the molecule is Cc1ccc(-n2nnc3c(=O)n(Cc4cccc5ccccc45)cnc32)cc1Cl. The lowest BCUT2D eigenvalue weighted by Gasteiger charge is -2.09. The second-order valence-electron chi connectivity index (χ2n) is 6.92. The molecule has 7 heteroatoms. The lowest BCUT2D eigenvalue weighted by molar-refractivity contribution is 0.749. The first-order valence-electron chi connectivity index (χ1n) is 9.16. The van der Waals surface area contributed by atoms with Crippen molar-refractivity contribution in [2.24, 2.45) is 0 Å². The Kier molecular flexibility index (Phi) is 4.14. The molecule has 0 saturated heterocycles. The first-order valence-corrected chi connectivity index (χ1v) is 9.53. The highest BCUT2D eigenvalue weighted by Crippen LogP contribution is 2.21. The van der Waals surface area contributed by atoms with Gasteiger partial charge in [-0.15, -0.1) is 5.10 Å². The molecule has 0 aliphatic heterocycles. The van der Waals surface area contributed by atoms with Crippen LogP contribution in [0.3, 0.4) is 0 Å². The van der Waals surface area contributed by atoms with Crippen LogP contribution in [0, 0.1) is 6.92 Å². The van der Waals surface area contributed by atoms with Gasteiger partial charge in [0.05, 0.1) is 12.2 Å². The molecule has 2 heterocycles. The van der Waals surface area contributed by atoms with E-state index in [0.29, 0.717) is 22.9 Å². The Morgan fingerprint density at radius 3 is 2.72 bits per heavy atom. The number of aryl methyl sites for hydroxylation is 1. The molecular formula is C22H16ClN5O. The van der Waals surface area contributed by atoms with E-state index in [2.05, 4.69) is 33.5 Å². The third-order valence-corrected chi connectivity index (χ3v) is 5.46. The van der Waals surface area contributed by atoms with Crippen LogP contribution in [0.5, 0.6) is 0 Å². The molecule has 29 heavy (non-hydrogen) atoms. The zero-order chi connectivity index (χ0) is 20.0. The summed E-state index contributed by atoms with van der Waals surface area (Å²) in [5.74, 6) is 0. The van der Waals surface area contributed by atoms with Crippen LogP contribution in [0.2, 0.25) is 5.02 Å². The summed E-state index contributed by atoms with van der Waals surface area (Å²) >= 11 is 6.23. The Morgan fingerprint density at radius 1 is 1.03 bits per heavy atom. The molecular weight excluding hydrogens is 386 g/mol. The Bertz CT molecular complexity index is 1430. The number of nitrogens with zero attached hydrogens (tertiary/aromatic N) is 5. The average Bonchev–Trinajstić information content (AvgIpc) is 3.17. The fraction of sp³-hybridized carbons (Fsp3) is 0.0909. The maximum atomic E-state index is 13.0. The summed E-state index contributed by atoms with van der Waals surface area (Å²) in [5, 5.41) is 11.1. The summed E-state index contributed by atoms with van der Waals surface area (Å²) in [6.07, 6.45) is 1.54. The zero-order valence-corrected chi connectivity index (χ0v) is 16.3. The van der Waals surface area contributed by atoms with Gasteiger partial charge in [-0.3, -0.25) is 9.36 Å². The molecule has 5 aromatic rings. The van der Waals surface area contributed by atoms with E-state index in [9.17, 15) is 4.79 Å². The van der Waals surface area contributed by atoms with Gasteiger partial charge >= 0.3 is 0 Å². The lowest BCUT2D eigenvalue weighted by atomic mass is 10.0. The Labute approximate surface area is 171 Å². The number of aromatic nitrogens is 5. The van der Waals surface area contributed by atoms with E-state index < -0.39 is 0 Å². The number of hydrogen-bond acceptors (Lipinski definition) is 4. The first-order chi connectivity index (χ1) is 14.1. The third-order valence-electron chi connectivity index (χ3n) is 5.05.